The van der Waals surface area contributed by atoms with Crippen molar-refractivity contribution >= 4 is 5.91 Å². The maximum absolute atomic E-state index is 12.2. The molecular weight excluding hydrogens is 264 g/mol. The van der Waals surface area contributed by atoms with Crippen LogP contribution in [0.25, 0.3) is 0 Å². The Labute approximate surface area is 127 Å². The standard InChI is InChI=1S/C17H26N2O2/c1-2-15(18)14-9-5-6-10-16(14)21-13-17(20)19-11-7-3-4-8-12-19/h5-6,9-10,15H,2-4,7-8,11-13,18H2,1H3. The summed E-state index contributed by atoms with van der Waals surface area (Å²) in [6, 6.07) is 7.68. The average molecular weight is 290 g/mol. The van der Waals surface area contributed by atoms with Crippen LogP contribution in [0, 0.1) is 0 Å². The first-order valence-electron chi connectivity index (χ1n) is 7.97. The van der Waals surface area contributed by atoms with Crippen LogP contribution in [-0.4, -0.2) is 30.5 Å². The molecule has 0 radical (unpaired) electrons. The number of amides is 1. The molecule has 1 amide bonds. The van der Waals surface area contributed by atoms with Gasteiger partial charge < -0.3 is 15.4 Å². The van der Waals surface area contributed by atoms with E-state index in [0.717, 1.165) is 43.7 Å². The zero-order valence-electron chi connectivity index (χ0n) is 12.9. The molecule has 1 aromatic rings. The van der Waals surface area contributed by atoms with Gasteiger partial charge >= 0.3 is 0 Å². The van der Waals surface area contributed by atoms with Gasteiger partial charge in [-0.15, -0.1) is 0 Å². The molecule has 1 atom stereocenters. The van der Waals surface area contributed by atoms with E-state index >= 15 is 0 Å². The maximum Gasteiger partial charge on any atom is 0.260 e. The normalized spacial score (nSPS) is 17.1. The van der Waals surface area contributed by atoms with Crippen molar-refractivity contribution < 1.29 is 9.53 Å². The minimum absolute atomic E-state index is 0.0468. The average Bonchev–Trinajstić information content (AvgIpc) is 2.81. The van der Waals surface area contributed by atoms with Gasteiger partial charge in [-0.25, -0.2) is 0 Å². The lowest BCUT2D eigenvalue weighted by atomic mass is 10.0. The van der Waals surface area contributed by atoms with E-state index < -0.39 is 0 Å². The molecular formula is C17H26N2O2. The summed E-state index contributed by atoms with van der Waals surface area (Å²) in [6.45, 7) is 3.87. The summed E-state index contributed by atoms with van der Waals surface area (Å²) in [5, 5.41) is 0. The van der Waals surface area contributed by atoms with E-state index in [9.17, 15) is 4.79 Å². The van der Waals surface area contributed by atoms with Gasteiger partial charge in [-0.3, -0.25) is 4.79 Å². The number of hydrogen-bond acceptors (Lipinski definition) is 3. The zero-order chi connectivity index (χ0) is 15.1. The third-order valence-corrected chi connectivity index (χ3v) is 4.07. The van der Waals surface area contributed by atoms with E-state index in [0.29, 0.717) is 0 Å². The summed E-state index contributed by atoms with van der Waals surface area (Å²) in [6.07, 6.45) is 5.49. The fourth-order valence-corrected chi connectivity index (χ4v) is 2.69. The van der Waals surface area contributed by atoms with Crippen LogP contribution in [0.3, 0.4) is 0 Å². The highest BCUT2D eigenvalue weighted by atomic mass is 16.5. The van der Waals surface area contributed by atoms with Crippen LogP contribution in [0.5, 0.6) is 5.75 Å². The molecule has 1 fully saturated rings. The van der Waals surface area contributed by atoms with Crippen molar-refractivity contribution in [3.8, 4) is 5.75 Å². The molecule has 2 rings (SSSR count). The lowest BCUT2D eigenvalue weighted by Crippen LogP contribution is -2.35. The number of carbonyl (C=O) groups excluding carboxylic acids is 1. The fraction of sp³-hybridized carbons (Fsp3) is 0.588. The Hall–Kier alpha value is -1.55. The molecule has 1 unspecified atom stereocenters. The quantitative estimate of drug-likeness (QED) is 0.907. The van der Waals surface area contributed by atoms with Crippen LogP contribution < -0.4 is 10.5 Å². The van der Waals surface area contributed by atoms with Gasteiger partial charge in [0.1, 0.15) is 5.75 Å². The van der Waals surface area contributed by atoms with Gasteiger partial charge in [-0.05, 0) is 25.3 Å². The fourth-order valence-electron chi connectivity index (χ4n) is 2.69. The number of para-hydroxylation sites is 1. The van der Waals surface area contributed by atoms with Crippen molar-refractivity contribution in [2.75, 3.05) is 19.7 Å². The van der Waals surface area contributed by atoms with Gasteiger partial charge in [-0.1, -0.05) is 38.0 Å². The minimum atomic E-state index is -0.0468. The molecule has 0 bridgehead atoms. The molecule has 0 aromatic heterocycles. The van der Waals surface area contributed by atoms with E-state index in [1.807, 2.05) is 36.1 Å². The Bertz CT molecular complexity index is 454. The third-order valence-electron chi connectivity index (χ3n) is 4.07. The number of likely N-dealkylation sites (tertiary alicyclic amines) is 1. The summed E-state index contributed by atoms with van der Waals surface area (Å²) in [7, 11) is 0. The van der Waals surface area contributed by atoms with E-state index in [1.165, 1.54) is 12.8 Å². The Kier molecular flexibility index (Phi) is 6.05. The van der Waals surface area contributed by atoms with Crippen LogP contribution in [-0.2, 0) is 4.79 Å². The van der Waals surface area contributed by atoms with Crippen LogP contribution in [0.2, 0.25) is 0 Å². The first-order chi connectivity index (χ1) is 10.2. The Morgan fingerprint density at radius 1 is 1.24 bits per heavy atom. The van der Waals surface area contributed by atoms with Crippen molar-refractivity contribution in [3.05, 3.63) is 29.8 Å². The first-order valence-corrected chi connectivity index (χ1v) is 7.97. The number of nitrogens with zero attached hydrogens (tertiary/aromatic N) is 1. The molecule has 0 spiro atoms. The van der Waals surface area contributed by atoms with Gasteiger partial charge in [0.2, 0.25) is 0 Å². The van der Waals surface area contributed by atoms with Crippen molar-refractivity contribution in [2.45, 2.75) is 45.1 Å². The number of hydrogen-bond donors (Lipinski definition) is 1. The lowest BCUT2D eigenvalue weighted by molar-refractivity contribution is -0.133. The number of carbonyl (C=O) groups is 1. The van der Waals surface area contributed by atoms with Crippen LogP contribution in [0.15, 0.2) is 24.3 Å². The smallest absolute Gasteiger partial charge is 0.260 e. The predicted molar refractivity (Wildman–Crippen MR) is 84.2 cm³/mol. The predicted octanol–water partition coefficient (Wildman–Crippen LogP) is 2.88. The Morgan fingerprint density at radius 3 is 2.57 bits per heavy atom. The summed E-state index contributed by atoms with van der Waals surface area (Å²) < 4.78 is 5.74. The highest BCUT2D eigenvalue weighted by Crippen LogP contribution is 2.25. The summed E-state index contributed by atoms with van der Waals surface area (Å²) >= 11 is 0. The zero-order valence-corrected chi connectivity index (χ0v) is 12.9. The lowest BCUT2D eigenvalue weighted by Gasteiger charge is -2.21. The number of nitrogens with two attached hydrogens (primary N) is 1. The first kappa shape index (κ1) is 15.8. The topological polar surface area (TPSA) is 55.6 Å². The molecule has 4 nitrogen and oxygen atoms in total. The monoisotopic (exact) mass is 290 g/mol. The minimum Gasteiger partial charge on any atom is -0.483 e. The highest BCUT2D eigenvalue weighted by Gasteiger charge is 2.17. The highest BCUT2D eigenvalue weighted by molar-refractivity contribution is 5.77. The van der Waals surface area contributed by atoms with Crippen molar-refractivity contribution in [1.82, 2.24) is 4.90 Å². The van der Waals surface area contributed by atoms with E-state index in [1.54, 1.807) is 0 Å². The van der Waals surface area contributed by atoms with Gasteiger partial charge in [0.25, 0.3) is 5.91 Å². The van der Waals surface area contributed by atoms with Crippen molar-refractivity contribution in [2.24, 2.45) is 5.73 Å². The van der Waals surface area contributed by atoms with Gasteiger partial charge in [0, 0.05) is 24.7 Å². The molecule has 0 saturated carbocycles. The number of benzene rings is 1. The van der Waals surface area contributed by atoms with Gasteiger partial charge in [0.15, 0.2) is 6.61 Å². The molecule has 1 aromatic carbocycles. The van der Waals surface area contributed by atoms with E-state index in [4.69, 9.17) is 10.5 Å². The second-order valence-corrected chi connectivity index (χ2v) is 5.64. The summed E-state index contributed by atoms with van der Waals surface area (Å²) in [5.41, 5.74) is 7.07. The van der Waals surface area contributed by atoms with Gasteiger partial charge in [0.05, 0.1) is 0 Å². The number of ether oxygens (including phenoxy) is 1. The molecule has 1 aliphatic rings. The van der Waals surface area contributed by atoms with E-state index in [-0.39, 0.29) is 18.6 Å². The van der Waals surface area contributed by atoms with Crippen molar-refractivity contribution in [1.29, 1.82) is 0 Å². The molecule has 21 heavy (non-hydrogen) atoms. The molecule has 0 aliphatic carbocycles. The second-order valence-electron chi connectivity index (χ2n) is 5.64. The Balaban J connectivity index is 1.94. The van der Waals surface area contributed by atoms with Gasteiger partial charge in [-0.2, -0.15) is 0 Å². The molecule has 1 saturated heterocycles. The molecule has 1 heterocycles. The third kappa shape index (κ3) is 4.46. The summed E-state index contributed by atoms with van der Waals surface area (Å²) in [5.74, 6) is 0.812. The molecule has 1 aliphatic heterocycles. The number of rotatable bonds is 5. The van der Waals surface area contributed by atoms with Crippen LogP contribution in [0.4, 0.5) is 0 Å². The molecule has 116 valence electrons. The molecule has 4 heteroatoms. The SMILES string of the molecule is CCC(N)c1ccccc1OCC(=O)N1CCCCCC1. The second kappa shape index (κ2) is 8.03. The molecule has 2 N–H and O–H groups in total. The Morgan fingerprint density at radius 2 is 1.90 bits per heavy atom. The largest absolute Gasteiger partial charge is 0.483 e. The van der Waals surface area contributed by atoms with Crippen LogP contribution in [0.1, 0.15) is 50.6 Å². The van der Waals surface area contributed by atoms with Crippen LogP contribution >= 0.6 is 0 Å². The maximum atomic E-state index is 12.2. The van der Waals surface area contributed by atoms with Crippen molar-refractivity contribution in [3.63, 3.8) is 0 Å². The summed E-state index contributed by atoms with van der Waals surface area (Å²) in [4.78, 5) is 14.2. The van der Waals surface area contributed by atoms with E-state index in [2.05, 4.69) is 0 Å².